The van der Waals surface area contributed by atoms with E-state index < -0.39 is 0 Å². The maximum atomic E-state index is 5.60. The van der Waals surface area contributed by atoms with Crippen molar-refractivity contribution in [1.29, 1.82) is 0 Å². The Morgan fingerprint density at radius 1 is 1.41 bits per heavy atom. The van der Waals surface area contributed by atoms with Gasteiger partial charge >= 0.3 is 0 Å². The molecule has 0 aromatic heterocycles. The highest BCUT2D eigenvalue weighted by Crippen LogP contribution is 2.33. The lowest BCUT2D eigenvalue weighted by Gasteiger charge is -2.26. The van der Waals surface area contributed by atoms with Crippen LogP contribution in [-0.4, -0.2) is 32.6 Å². The fourth-order valence-corrected chi connectivity index (χ4v) is 2.35. The maximum Gasteiger partial charge on any atom is 0.123 e. The van der Waals surface area contributed by atoms with Gasteiger partial charge in [0.1, 0.15) is 5.75 Å². The molecule has 0 aliphatic heterocycles. The Morgan fingerprint density at radius 2 is 2.12 bits per heavy atom. The summed E-state index contributed by atoms with van der Waals surface area (Å²) in [5.74, 6) is 0.934. The standard InChI is InChI=1S/C13H21BrN2O/c1-16(2)12(5-4-8-15)11-9-10(14)6-7-13(11)17-3/h6-7,9,12H,4-5,8,15H2,1-3H3. The Balaban J connectivity index is 3.02. The molecule has 0 amide bonds. The molecule has 0 bridgehead atoms. The van der Waals surface area contributed by atoms with Crippen LogP contribution in [0, 0.1) is 0 Å². The molecule has 0 heterocycles. The summed E-state index contributed by atoms with van der Waals surface area (Å²) in [5, 5.41) is 0. The summed E-state index contributed by atoms with van der Waals surface area (Å²) in [6, 6.07) is 6.46. The van der Waals surface area contributed by atoms with E-state index in [9.17, 15) is 0 Å². The molecule has 1 aromatic rings. The number of ether oxygens (including phenoxy) is 1. The predicted octanol–water partition coefficient (Wildman–Crippen LogP) is 2.80. The van der Waals surface area contributed by atoms with E-state index >= 15 is 0 Å². The van der Waals surface area contributed by atoms with Gasteiger partial charge in [-0.05, 0) is 51.7 Å². The average molecular weight is 301 g/mol. The zero-order chi connectivity index (χ0) is 12.8. The van der Waals surface area contributed by atoms with Gasteiger partial charge in [-0.25, -0.2) is 0 Å². The summed E-state index contributed by atoms with van der Waals surface area (Å²) in [5.41, 5.74) is 6.81. The fourth-order valence-electron chi connectivity index (χ4n) is 1.97. The maximum absolute atomic E-state index is 5.60. The third-order valence-corrected chi connectivity index (χ3v) is 3.35. The SMILES string of the molecule is COc1ccc(Br)cc1C(CCCN)N(C)C. The van der Waals surface area contributed by atoms with Crippen molar-refractivity contribution in [3.63, 3.8) is 0 Å². The van der Waals surface area contributed by atoms with Gasteiger partial charge in [0.25, 0.3) is 0 Å². The van der Waals surface area contributed by atoms with Gasteiger partial charge in [-0.2, -0.15) is 0 Å². The van der Waals surface area contributed by atoms with Crippen LogP contribution in [0.5, 0.6) is 5.75 Å². The number of methoxy groups -OCH3 is 1. The second-order valence-corrected chi connectivity index (χ2v) is 5.21. The summed E-state index contributed by atoms with van der Waals surface area (Å²) in [4.78, 5) is 2.21. The van der Waals surface area contributed by atoms with Crippen molar-refractivity contribution in [3.05, 3.63) is 28.2 Å². The normalized spacial score (nSPS) is 12.8. The van der Waals surface area contributed by atoms with Crippen molar-refractivity contribution in [2.45, 2.75) is 18.9 Å². The molecule has 2 N–H and O–H groups in total. The predicted molar refractivity (Wildman–Crippen MR) is 75.4 cm³/mol. The fraction of sp³-hybridized carbons (Fsp3) is 0.538. The highest BCUT2D eigenvalue weighted by Gasteiger charge is 2.18. The van der Waals surface area contributed by atoms with Crippen LogP contribution in [0.1, 0.15) is 24.4 Å². The monoisotopic (exact) mass is 300 g/mol. The second kappa shape index (κ2) is 6.99. The first-order chi connectivity index (χ1) is 8.10. The van der Waals surface area contributed by atoms with Crippen LogP contribution >= 0.6 is 15.9 Å². The number of hydrogen-bond donors (Lipinski definition) is 1. The first-order valence-corrected chi connectivity index (χ1v) is 6.59. The molecule has 0 saturated heterocycles. The van der Waals surface area contributed by atoms with Crippen LogP contribution in [0.3, 0.4) is 0 Å². The van der Waals surface area contributed by atoms with E-state index in [1.165, 1.54) is 5.56 Å². The zero-order valence-electron chi connectivity index (χ0n) is 10.7. The Hall–Kier alpha value is -0.580. The van der Waals surface area contributed by atoms with E-state index in [1.54, 1.807) is 7.11 Å². The highest BCUT2D eigenvalue weighted by molar-refractivity contribution is 9.10. The van der Waals surface area contributed by atoms with Crippen molar-refractivity contribution in [1.82, 2.24) is 4.90 Å². The summed E-state index contributed by atoms with van der Waals surface area (Å²) >= 11 is 3.51. The van der Waals surface area contributed by atoms with E-state index in [4.69, 9.17) is 10.5 Å². The lowest BCUT2D eigenvalue weighted by atomic mass is 10.00. The molecule has 0 aliphatic rings. The smallest absolute Gasteiger partial charge is 0.123 e. The molecule has 17 heavy (non-hydrogen) atoms. The van der Waals surface area contributed by atoms with E-state index in [-0.39, 0.29) is 0 Å². The van der Waals surface area contributed by atoms with E-state index in [0.29, 0.717) is 6.04 Å². The molecule has 1 rings (SSSR count). The van der Waals surface area contributed by atoms with Gasteiger partial charge in [0, 0.05) is 16.1 Å². The van der Waals surface area contributed by atoms with Crippen LogP contribution in [0.25, 0.3) is 0 Å². The molecule has 0 aliphatic carbocycles. The molecule has 1 unspecified atom stereocenters. The summed E-state index contributed by atoms with van der Waals surface area (Å²) < 4.78 is 6.51. The van der Waals surface area contributed by atoms with Crippen molar-refractivity contribution >= 4 is 15.9 Å². The number of benzene rings is 1. The molecule has 1 aromatic carbocycles. The Morgan fingerprint density at radius 3 is 2.65 bits per heavy atom. The third kappa shape index (κ3) is 3.98. The molecule has 0 radical (unpaired) electrons. The Bertz CT molecular complexity index is 355. The van der Waals surface area contributed by atoms with Crippen LogP contribution < -0.4 is 10.5 Å². The first kappa shape index (κ1) is 14.5. The minimum Gasteiger partial charge on any atom is -0.496 e. The summed E-state index contributed by atoms with van der Waals surface area (Å²) in [7, 11) is 5.88. The van der Waals surface area contributed by atoms with Crippen molar-refractivity contribution in [2.75, 3.05) is 27.7 Å². The minimum absolute atomic E-state index is 0.339. The van der Waals surface area contributed by atoms with E-state index in [2.05, 4.69) is 41.0 Å². The van der Waals surface area contributed by atoms with Crippen molar-refractivity contribution in [3.8, 4) is 5.75 Å². The quantitative estimate of drug-likeness (QED) is 0.878. The minimum atomic E-state index is 0.339. The van der Waals surface area contributed by atoms with Crippen molar-refractivity contribution in [2.24, 2.45) is 5.73 Å². The summed E-state index contributed by atoms with van der Waals surface area (Å²) in [6.07, 6.45) is 2.05. The largest absolute Gasteiger partial charge is 0.496 e. The Labute approximate surface area is 112 Å². The molecular formula is C13H21BrN2O. The lowest BCUT2D eigenvalue weighted by Crippen LogP contribution is -2.21. The van der Waals surface area contributed by atoms with Crippen LogP contribution in [-0.2, 0) is 0 Å². The van der Waals surface area contributed by atoms with Gasteiger partial charge in [0.15, 0.2) is 0 Å². The van der Waals surface area contributed by atoms with Gasteiger partial charge in [0.2, 0.25) is 0 Å². The number of hydrogen-bond acceptors (Lipinski definition) is 3. The molecule has 4 heteroatoms. The second-order valence-electron chi connectivity index (χ2n) is 4.30. The Kier molecular flexibility index (Phi) is 5.95. The van der Waals surface area contributed by atoms with Crippen LogP contribution in [0.2, 0.25) is 0 Å². The average Bonchev–Trinajstić information content (AvgIpc) is 2.29. The van der Waals surface area contributed by atoms with Crippen LogP contribution in [0.15, 0.2) is 22.7 Å². The van der Waals surface area contributed by atoms with Crippen molar-refractivity contribution < 1.29 is 4.74 Å². The first-order valence-electron chi connectivity index (χ1n) is 5.80. The number of halogens is 1. The van der Waals surface area contributed by atoms with Gasteiger partial charge in [-0.15, -0.1) is 0 Å². The van der Waals surface area contributed by atoms with Gasteiger partial charge in [-0.1, -0.05) is 15.9 Å². The van der Waals surface area contributed by atoms with E-state index in [0.717, 1.165) is 29.6 Å². The number of rotatable bonds is 6. The molecule has 96 valence electrons. The number of nitrogens with zero attached hydrogens (tertiary/aromatic N) is 1. The van der Waals surface area contributed by atoms with Gasteiger partial charge in [0.05, 0.1) is 7.11 Å². The molecule has 1 atom stereocenters. The van der Waals surface area contributed by atoms with E-state index in [1.807, 2.05) is 12.1 Å². The highest BCUT2D eigenvalue weighted by atomic mass is 79.9. The molecule has 0 fully saturated rings. The van der Waals surface area contributed by atoms with Crippen LogP contribution in [0.4, 0.5) is 0 Å². The number of nitrogens with two attached hydrogens (primary N) is 1. The van der Waals surface area contributed by atoms with Gasteiger partial charge < -0.3 is 15.4 Å². The molecule has 3 nitrogen and oxygen atoms in total. The zero-order valence-corrected chi connectivity index (χ0v) is 12.3. The lowest BCUT2D eigenvalue weighted by molar-refractivity contribution is 0.271. The third-order valence-electron chi connectivity index (χ3n) is 2.86. The topological polar surface area (TPSA) is 38.5 Å². The molecule has 0 spiro atoms. The molecular weight excluding hydrogens is 280 g/mol. The van der Waals surface area contributed by atoms with Gasteiger partial charge in [-0.3, -0.25) is 0 Å². The molecule has 0 saturated carbocycles. The summed E-state index contributed by atoms with van der Waals surface area (Å²) in [6.45, 7) is 0.723.